The van der Waals surface area contributed by atoms with Crippen LogP contribution in [-0.2, 0) is 9.84 Å². The standard InChI is InChI=1S/C22H16ClN7O3S/c1-34(32,33)20-17-19(30(28-20)16-5-3-2-4-6-16)27-18(13-11-25-22(24)26-12-13)29(21(17)31)15-9-7-14(23)8-10-15/h2-12H,1H3,(H2,24,25,26). The van der Waals surface area contributed by atoms with Crippen LogP contribution >= 0.6 is 11.6 Å². The van der Waals surface area contributed by atoms with Crippen LogP contribution in [0.1, 0.15) is 0 Å². The zero-order valence-corrected chi connectivity index (χ0v) is 19.2. The van der Waals surface area contributed by atoms with E-state index in [1.54, 1.807) is 48.5 Å². The van der Waals surface area contributed by atoms with Gasteiger partial charge >= 0.3 is 0 Å². The number of hydrogen-bond donors (Lipinski definition) is 1. The minimum Gasteiger partial charge on any atom is -0.368 e. The maximum atomic E-state index is 13.9. The highest BCUT2D eigenvalue weighted by Crippen LogP contribution is 2.27. The molecule has 12 heteroatoms. The van der Waals surface area contributed by atoms with Crippen LogP contribution in [0.2, 0.25) is 5.02 Å². The summed E-state index contributed by atoms with van der Waals surface area (Å²) in [5.41, 5.74) is 6.44. The van der Waals surface area contributed by atoms with E-state index in [4.69, 9.17) is 22.3 Å². The summed E-state index contributed by atoms with van der Waals surface area (Å²) in [6.45, 7) is 0. The van der Waals surface area contributed by atoms with Crippen molar-refractivity contribution in [3.05, 3.63) is 82.4 Å². The van der Waals surface area contributed by atoms with Gasteiger partial charge < -0.3 is 5.73 Å². The summed E-state index contributed by atoms with van der Waals surface area (Å²) in [6, 6.07) is 15.3. The van der Waals surface area contributed by atoms with Crippen molar-refractivity contribution in [3.8, 4) is 22.8 Å². The third-order valence-corrected chi connectivity index (χ3v) is 6.28. The predicted octanol–water partition coefficient (Wildman–Crippen LogP) is 2.67. The van der Waals surface area contributed by atoms with Crippen molar-refractivity contribution in [2.24, 2.45) is 0 Å². The summed E-state index contributed by atoms with van der Waals surface area (Å²) in [6.07, 6.45) is 3.87. The minimum absolute atomic E-state index is 0.0545. The van der Waals surface area contributed by atoms with E-state index in [9.17, 15) is 13.2 Å². The predicted molar refractivity (Wildman–Crippen MR) is 128 cm³/mol. The van der Waals surface area contributed by atoms with Crippen LogP contribution < -0.4 is 11.3 Å². The van der Waals surface area contributed by atoms with Crippen molar-refractivity contribution in [3.63, 3.8) is 0 Å². The molecule has 0 saturated carbocycles. The van der Waals surface area contributed by atoms with E-state index in [2.05, 4.69) is 15.1 Å². The molecule has 0 aliphatic heterocycles. The summed E-state index contributed by atoms with van der Waals surface area (Å²) in [7, 11) is -3.88. The van der Waals surface area contributed by atoms with E-state index in [1.165, 1.54) is 21.6 Å². The van der Waals surface area contributed by atoms with Crippen molar-refractivity contribution in [1.29, 1.82) is 0 Å². The fraction of sp³-hybridized carbons (Fsp3) is 0.0455. The smallest absolute Gasteiger partial charge is 0.270 e. The van der Waals surface area contributed by atoms with Gasteiger partial charge in [0, 0.05) is 23.7 Å². The van der Waals surface area contributed by atoms with Gasteiger partial charge in [0.25, 0.3) is 5.56 Å². The molecule has 0 fully saturated rings. The second kappa shape index (κ2) is 8.04. The zero-order valence-electron chi connectivity index (χ0n) is 17.6. The van der Waals surface area contributed by atoms with Crippen LogP contribution in [0.5, 0.6) is 0 Å². The first-order valence-corrected chi connectivity index (χ1v) is 12.2. The Morgan fingerprint density at radius 1 is 0.941 bits per heavy atom. The van der Waals surface area contributed by atoms with Gasteiger partial charge in [-0.3, -0.25) is 9.36 Å². The molecule has 2 N–H and O–H groups in total. The number of benzene rings is 2. The van der Waals surface area contributed by atoms with Crippen molar-refractivity contribution in [2.45, 2.75) is 5.03 Å². The average Bonchev–Trinajstić information content (AvgIpc) is 3.22. The average molecular weight is 494 g/mol. The third kappa shape index (κ3) is 3.70. The highest BCUT2D eigenvalue weighted by Gasteiger charge is 2.27. The maximum Gasteiger partial charge on any atom is 0.270 e. The zero-order chi connectivity index (χ0) is 24.0. The van der Waals surface area contributed by atoms with Crippen LogP contribution in [0.3, 0.4) is 0 Å². The molecule has 0 aliphatic rings. The molecule has 5 aromatic rings. The van der Waals surface area contributed by atoms with Crippen molar-refractivity contribution >= 4 is 38.4 Å². The van der Waals surface area contributed by atoms with E-state index >= 15 is 0 Å². The lowest BCUT2D eigenvalue weighted by Gasteiger charge is -2.13. The molecule has 34 heavy (non-hydrogen) atoms. The quantitative estimate of drug-likeness (QED) is 0.403. The molecule has 5 rings (SSSR count). The van der Waals surface area contributed by atoms with Crippen LogP contribution in [0.4, 0.5) is 5.95 Å². The molecule has 3 heterocycles. The van der Waals surface area contributed by atoms with E-state index < -0.39 is 15.4 Å². The molecule has 10 nitrogen and oxygen atoms in total. The molecule has 3 aromatic heterocycles. The first-order valence-electron chi connectivity index (χ1n) is 9.89. The summed E-state index contributed by atoms with van der Waals surface area (Å²) in [5.74, 6) is 0.232. The minimum atomic E-state index is -3.88. The number of halogens is 1. The number of nitrogen functional groups attached to an aromatic ring is 1. The van der Waals surface area contributed by atoms with E-state index in [-0.39, 0.29) is 27.8 Å². The fourth-order valence-electron chi connectivity index (χ4n) is 3.52. The van der Waals surface area contributed by atoms with E-state index in [1.807, 2.05) is 6.07 Å². The SMILES string of the molecule is CS(=O)(=O)c1nn(-c2ccccc2)c2nc(-c3cnc(N)nc3)n(-c3ccc(Cl)cc3)c(=O)c12. The second-order valence-corrected chi connectivity index (χ2v) is 9.77. The number of aromatic nitrogens is 6. The topological polar surface area (TPSA) is 139 Å². The number of hydrogen-bond acceptors (Lipinski definition) is 8. The van der Waals surface area contributed by atoms with Crippen molar-refractivity contribution in [2.75, 3.05) is 12.0 Å². The van der Waals surface area contributed by atoms with Gasteiger partial charge in [-0.05, 0) is 36.4 Å². The third-order valence-electron chi connectivity index (χ3n) is 5.04. The van der Waals surface area contributed by atoms with Gasteiger partial charge in [-0.2, -0.15) is 5.10 Å². The second-order valence-electron chi connectivity index (χ2n) is 7.41. The summed E-state index contributed by atoms with van der Waals surface area (Å²) in [4.78, 5) is 26.6. The van der Waals surface area contributed by atoms with Crippen LogP contribution in [0.15, 0.2) is 76.8 Å². The van der Waals surface area contributed by atoms with Gasteiger partial charge in [-0.1, -0.05) is 29.8 Å². The van der Waals surface area contributed by atoms with Crippen LogP contribution in [-0.4, -0.2) is 44.0 Å². The number of fused-ring (bicyclic) bond motifs is 1. The highest BCUT2D eigenvalue weighted by atomic mass is 35.5. The Balaban J connectivity index is 1.96. The van der Waals surface area contributed by atoms with Gasteiger partial charge in [-0.25, -0.2) is 28.1 Å². The Kier molecular flexibility index (Phi) is 5.14. The molecule has 0 atom stereocenters. The van der Waals surface area contributed by atoms with Gasteiger partial charge in [0.2, 0.25) is 5.95 Å². The number of nitrogens with zero attached hydrogens (tertiary/aromatic N) is 6. The van der Waals surface area contributed by atoms with Crippen LogP contribution in [0, 0.1) is 0 Å². The molecule has 2 aromatic carbocycles. The van der Waals surface area contributed by atoms with Crippen LogP contribution in [0.25, 0.3) is 33.8 Å². The molecular formula is C22H16ClN7O3S. The summed E-state index contributed by atoms with van der Waals surface area (Å²) < 4.78 is 27.9. The van der Waals surface area contributed by atoms with Crippen molar-refractivity contribution < 1.29 is 8.42 Å². The Morgan fingerprint density at radius 2 is 1.59 bits per heavy atom. The Bertz CT molecular complexity index is 1700. The molecule has 0 unspecified atom stereocenters. The number of sulfone groups is 1. The molecule has 0 amide bonds. The Morgan fingerprint density at radius 3 is 2.21 bits per heavy atom. The molecule has 170 valence electrons. The van der Waals surface area contributed by atoms with Gasteiger partial charge in [0.1, 0.15) is 5.39 Å². The molecule has 0 aliphatic carbocycles. The van der Waals surface area contributed by atoms with Gasteiger partial charge in [-0.15, -0.1) is 0 Å². The van der Waals surface area contributed by atoms with Crippen molar-refractivity contribution in [1.82, 2.24) is 29.3 Å². The highest BCUT2D eigenvalue weighted by molar-refractivity contribution is 7.90. The van der Waals surface area contributed by atoms with E-state index in [0.29, 0.717) is 22.0 Å². The lowest BCUT2D eigenvalue weighted by molar-refractivity contribution is 0.597. The number of rotatable bonds is 4. The molecule has 0 bridgehead atoms. The summed E-state index contributed by atoms with van der Waals surface area (Å²) >= 11 is 6.03. The lowest BCUT2D eigenvalue weighted by Crippen LogP contribution is -2.23. The van der Waals surface area contributed by atoms with Gasteiger partial charge in [0.15, 0.2) is 26.3 Å². The summed E-state index contributed by atoms with van der Waals surface area (Å²) in [5, 5.41) is 4.23. The first-order chi connectivity index (χ1) is 16.2. The lowest BCUT2D eigenvalue weighted by atomic mass is 10.2. The monoisotopic (exact) mass is 493 g/mol. The Labute approximate surface area is 198 Å². The largest absolute Gasteiger partial charge is 0.368 e. The maximum absolute atomic E-state index is 13.9. The van der Waals surface area contributed by atoms with E-state index in [0.717, 1.165) is 6.26 Å². The normalized spacial score (nSPS) is 11.7. The number of nitrogens with two attached hydrogens (primary N) is 1. The first kappa shape index (κ1) is 21.7. The molecule has 0 radical (unpaired) electrons. The molecule has 0 saturated heterocycles. The number of para-hydroxylation sites is 1. The fourth-order valence-corrected chi connectivity index (χ4v) is 4.43. The molecule has 0 spiro atoms. The molecular weight excluding hydrogens is 478 g/mol. The number of anilines is 1. The van der Waals surface area contributed by atoms with Gasteiger partial charge in [0.05, 0.1) is 16.9 Å². The Hall–Kier alpha value is -4.09.